The van der Waals surface area contributed by atoms with Gasteiger partial charge in [-0.3, -0.25) is 14.9 Å². The average molecular weight is 358 g/mol. The predicted molar refractivity (Wildman–Crippen MR) is 98.6 cm³/mol. The molecule has 2 rings (SSSR count). The highest BCUT2D eigenvalue weighted by atomic mass is 16.6. The van der Waals surface area contributed by atoms with Gasteiger partial charge in [-0.2, -0.15) is 0 Å². The third-order valence-corrected chi connectivity index (χ3v) is 3.43. The van der Waals surface area contributed by atoms with Crippen LogP contribution in [0.15, 0.2) is 48.5 Å². The highest BCUT2D eigenvalue weighted by molar-refractivity contribution is 5.94. The minimum Gasteiger partial charge on any atom is -0.493 e. The Bertz CT molecular complexity index is 742. The summed E-state index contributed by atoms with van der Waals surface area (Å²) in [4.78, 5) is 22.4. The number of carbonyl (C=O) groups is 1. The molecule has 0 radical (unpaired) electrons. The van der Waals surface area contributed by atoms with Crippen molar-refractivity contribution >= 4 is 17.3 Å². The fourth-order valence-electron chi connectivity index (χ4n) is 2.05. The van der Waals surface area contributed by atoms with Crippen LogP contribution in [0.3, 0.4) is 0 Å². The van der Waals surface area contributed by atoms with Gasteiger partial charge in [-0.15, -0.1) is 0 Å². The Morgan fingerprint density at radius 3 is 2.15 bits per heavy atom. The van der Waals surface area contributed by atoms with Gasteiger partial charge in [-0.05, 0) is 49.2 Å². The van der Waals surface area contributed by atoms with E-state index in [1.807, 2.05) is 0 Å². The number of anilines is 1. The van der Waals surface area contributed by atoms with Crippen molar-refractivity contribution in [3.63, 3.8) is 0 Å². The molecule has 0 bridgehead atoms. The summed E-state index contributed by atoms with van der Waals surface area (Å²) >= 11 is 0. The van der Waals surface area contributed by atoms with E-state index in [1.54, 1.807) is 31.2 Å². The minimum absolute atomic E-state index is 0.0331. The molecule has 0 heterocycles. The molecule has 7 nitrogen and oxygen atoms in total. The van der Waals surface area contributed by atoms with E-state index in [0.29, 0.717) is 24.0 Å². The lowest BCUT2D eigenvalue weighted by Gasteiger charge is -2.15. The number of carbonyl (C=O) groups excluding carboxylic acids is 1. The van der Waals surface area contributed by atoms with Gasteiger partial charge in [0.1, 0.15) is 11.5 Å². The number of nitro benzene ring substituents is 1. The van der Waals surface area contributed by atoms with Crippen molar-refractivity contribution in [2.24, 2.45) is 5.92 Å². The molecule has 0 saturated heterocycles. The third-order valence-electron chi connectivity index (χ3n) is 3.43. The summed E-state index contributed by atoms with van der Waals surface area (Å²) in [7, 11) is 0. The molecule has 26 heavy (non-hydrogen) atoms. The highest BCUT2D eigenvalue weighted by Crippen LogP contribution is 2.20. The zero-order valence-corrected chi connectivity index (χ0v) is 15.0. The number of hydrogen-bond acceptors (Lipinski definition) is 5. The zero-order chi connectivity index (χ0) is 19.1. The molecular weight excluding hydrogens is 336 g/mol. The highest BCUT2D eigenvalue weighted by Gasteiger charge is 2.15. The van der Waals surface area contributed by atoms with Crippen LogP contribution in [0.1, 0.15) is 20.8 Å². The Kier molecular flexibility index (Phi) is 6.54. The normalized spacial score (nSPS) is 11.7. The van der Waals surface area contributed by atoms with Crippen LogP contribution in [-0.4, -0.2) is 23.5 Å². The Hall–Kier alpha value is -3.09. The average Bonchev–Trinajstić information content (AvgIpc) is 2.61. The largest absolute Gasteiger partial charge is 0.493 e. The molecule has 2 aromatic rings. The summed E-state index contributed by atoms with van der Waals surface area (Å²) in [5.74, 6) is 1.24. The molecule has 2 aromatic carbocycles. The second-order valence-corrected chi connectivity index (χ2v) is 6.23. The molecule has 0 aliphatic heterocycles. The van der Waals surface area contributed by atoms with E-state index in [9.17, 15) is 14.9 Å². The summed E-state index contributed by atoms with van der Waals surface area (Å²) in [6.07, 6.45) is -0.756. The van der Waals surface area contributed by atoms with Gasteiger partial charge in [0.2, 0.25) is 0 Å². The van der Waals surface area contributed by atoms with Crippen molar-refractivity contribution < 1.29 is 19.2 Å². The van der Waals surface area contributed by atoms with Crippen molar-refractivity contribution in [3.05, 3.63) is 58.6 Å². The SMILES string of the molecule is CC(C)COc1ccc(NC(=O)C(C)Oc2ccc([N+](=O)[O-])cc2)cc1. The molecule has 0 fully saturated rings. The maximum Gasteiger partial charge on any atom is 0.269 e. The van der Waals surface area contributed by atoms with Gasteiger partial charge in [-0.1, -0.05) is 13.8 Å². The van der Waals surface area contributed by atoms with Crippen LogP contribution in [0, 0.1) is 16.0 Å². The molecule has 1 N–H and O–H groups in total. The van der Waals surface area contributed by atoms with Crippen LogP contribution in [0.2, 0.25) is 0 Å². The van der Waals surface area contributed by atoms with Gasteiger partial charge < -0.3 is 14.8 Å². The van der Waals surface area contributed by atoms with Gasteiger partial charge in [0.15, 0.2) is 6.10 Å². The summed E-state index contributed by atoms with van der Waals surface area (Å²) in [5.41, 5.74) is 0.597. The lowest BCUT2D eigenvalue weighted by molar-refractivity contribution is -0.384. The van der Waals surface area contributed by atoms with E-state index < -0.39 is 11.0 Å². The number of amides is 1. The number of rotatable bonds is 8. The fraction of sp³-hybridized carbons (Fsp3) is 0.316. The second-order valence-electron chi connectivity index (χ2n) is 6.23. The van der Waals surface area contributed by atoms with E-state index in [-0.39, 0.29) is 11.6 Å². The van der Waals surface area contributed by atoms with E-state index in [0.717, 1.165) is 5.75 Å². The molecule has 0 aromatic heterocycles. The first-order valence-electron chi connectivity index (χ1n) is 8.30. The summed E-state index contributed by atoms with van der Waals surface area (Å²) in [6.45, 7) is 6.38. The van der Waals surface area contributed by atoms with Crippen molar-refractivity contribution in [1.82, 2.24) is 0 Å². The Morgan fingerprint density at radius 1 is 1.04 bits per heavy atom. The van der Waals surface area contributed by atoms with Crippen LogP contribution < -0.4 is 14.8 Å². The number of ether oxygens (including phenoxy) is 2. The summed E-state index contributed by atoms with van der Waals surface area (Å²) in [5, 5.41) is 13.4. The Labute approximate surface area is 152 Å². The molecule has 1 amide bonds. The lowest BCUT2D eigenvalue weighted by Crippen LogP contribution is -2.30. The van der Waals surface area contributed by atoms with E-state index in [1.165, 1.54) is 24.3 Å². The van der Waals surface area contributed by atoms with Crippen molar-refractivity contribution in [3.8, 4) is 11.5 Å². The van der Waals surface area contributed by atoms with E-state index in [4.69, 9.17) is 9.47 Å². The van der Waals surface area contributed by atoms with Gasteiger partial charge >= 0.3 is 0 Å². The van der Waals surface area contributed by atoms with Gasteiger partial charge in [0.05, 0.1) is 11.5 Å². The quantitative estimate of drug-likeness (QED) is 0.568. The predicted octanol–water partition coefficient (Wildman–Crippen LogP) is 4.04. The summed E-state index contributed by atoms with van der Waals surface area (Å²) in [6, 6.07) is 12.7. The zero-order valence-electron chi connectivity index (χ0n) is 15.0. The molecule has 0 saturated carbocycles. The molecule has 1 unspecified atom stereocenters. The Morgan fingerprint density at radius 2 is 1.62 bits per heavy atom. The van der Waals surface area contributed by atoms with Crippen LogP contribution in [0.4, 0.5) is 11.4 Å². The molecule has 0 aliphatic carbocycles. The first-order chi connectivity index (χ1) is 12.3. The van der Waals surface area contributed by atoms with Crippen LogP contribution in [-0.2, 0) is 4.79 Å². The number of non-ortho nitro benzene ring substituents is 1. The number of nitro groups is 1. The third kappa shape index (κ3) is 5.77. The number of benzene rings is 2. The molecule has 138 valence electrons. The Balaban J connectivity index is 1.89. The number of nitrogens with one attached hydrogen (secondary N) is 1. The molecule has 0 aliphatic rings. The maximum atomic E-state index is 12.2. The van der Waals surface area contributed by atoms with E-state index in [2.05, 4.69) is 19.2 Å². The van der Waals surface area contributed by atoms with Crippen LogP contribution >= 0.6 is 0 Å². The first-order valence-corrected chi connectivity index (χ1v) is 8.30. The number of hydrogen-bond donors (Lipinski definition) is 1. The molecular formula is C19H22N2O5. The molecule has 0 spiro atoms. The van der Waals surface area contributed by atoms with Crippen LogP contribution in [0.25, 0.3) is 0 Å². The van der Waals surface area contributed by atoms with Gasteiger partial charge in [-0.25, -0.2) is 0 Å². The van der Waals surface area contributed by atoms with E-state index >= 15 is 0 Å². The van der Waals surface area contributed by atoms with Gasteiger partial charge in [0, 0.05) is 17.8 Å². The number of nitrogens with zero attached hydrogens (tertiary/aromatic N) is 1. The molecule has 7 heteroatoms. The fourth-order valence-corrected chi connectivity index (χ4v) is 2.05. The smallest absolute Gasteiger partial charge is 0.269 e. The standard InChI is InChI=1S/C19H22N2O5/c1-13(2)12-25-17-8-4-15(5-9-17)20-19(22)14(3)26-18-10-6-16(7-11-18)21(23)24/h4-11,13-14H,12H2,1-3H3,(H,20,22). The molecule has 1 atom stereocenters. The second kappa shape index (κ2) is 8.84. The summed E-state index contributed by atoms with van der Waals surface area (Å²) < 4.78 is 11.1. The topological polar surface area (TPSA) is 90.7 Å². The maximum absolute atomic E-state index is 12.2. The van der Waals surface area contributed by atoms with Crippen molar-refractivity contribution in [1.29, 1.82) is 0 Å². The first kappa shape index (κ1) is 19.2. The van der Waals surface area contributed by atoms with Gasteiger partial charge in [0.25, 0.3) is 11.6 Å². The monoisotopic (exact) mass is 358 g/mol. The lowest BCUT2D eigenvalue weighted by atomic mass is 10.2. The minimum atomic E-state index is -0.756. The van der Waals surface area contributed by atoms with Crippen molar-refractivity contribution in [2.45, 2.75) is 26.9 Å². The van der Waals surface area contributed by atoms with Crippen molar-refractivity contribution in [2.75, 3.05) is 11.9 Å². The van der Waals surface area contributed by atoms with Crippen LogP contribution in [0.5, 0.6) is 11.5 Å².